The number of rotatable bonds is 6. The van der Waals surface area contributed by atoms with Gasteiger partial charge >= 0.3 is 6.03 Å². The van der Waals surface area contributed by atoms with Crippen LogP contribution in [0.5, 0.6) is 5.75 Å². The number of hydrogen-bond acceptors (Lipinski definition) is 4. The number of methoxy groups -OCH3 is 1. The Hall–Kier alpha value is -3.42. The summed E-state index contributed by atoms with van der Waals surface area (Å²) in [5.41, 5.74) is 0.497. The fourth-order valence-corrected chi connectivity index (χ4v) is 3.40. The van der Waals surface area contributed by atoms with Crippen LogP contribution in [0.25, 0.3) is 0 Å². The number of aryl methyl sites for hydroxylation is 1. The standard InChI is InChI=1S/C21H22FN3O4/c1-4-21(14-6-8-15(22)9-7-14)19(27)25(20(28)24-21)12-18(26)23-16-11-13(2)5-10-17(16)29-3/h5-11H,4,12H2,1-3H3,(H,23,26)(H,24,28). The Morgan fingerprint density at radius 3 is 2.52 bits per heavy atom. The van der Waals surface area contributed by atoms with Crippen LogP contribution in [0, 0.1) is 12.7 Å². The molecule has 3 rings (SSSR count). The van der Waals surface area contributed by atoms with Gasteiger partial charge in [0, 0.05) is 0 Å². The van der Waals surface area contributed by atoms with Crippen molar-refractivity contribution in [3.63, 3.8) is 0 Å². The number of halogens is 1. The molecule has 1 aliphatic heterocycles. The Balaban J connectivity index is 1.80. The maximum atomic E-state index is 13.3. The van der Waals surface area contributed by atoms with Gasteiger partial charge in [-0.25, -0.2) is 9.18 Å². The summed E-state index contributed by atoms with van der Waals surface area (Å²) < 4.78 is 18.5. The Labute approximate surface area is 167 Å². The summed E-state index contributed by atoms with van der Waals surface area (Å²) in [6.45, 7) is 3.15. The first-order valence-corrected chi connectivity index (χ1v) is 9.15. The number of nitrogens with zero attached hydrogens (tertiary/aromatic N) is 1. The van der Waals surface area contributed by atoms with E-state index in [0.29, 0.717) is 17.0 Å². The van der Waals surface area contributed by atoms with Gasteiger partial charge in [0.2, 0.25) is 5.91 Å². The summed E-state index contributed by atoms with van der Waals surface area (Å²) in [6, 6.07) is 9.98. The Morgan fingerprint density at radius 2 is 1.90 bits per heavy atom. The third-order valence-corrected chi connectivity index (χ3v) is 4.97. The Bertz CT molecular complexity index is 961. The van der Waals surface area contributed by atoms with Gasteiger partial charge in [-0.3, -0.25) is 14.5 Å². The molecule has 1 atom stereocenters. The average Bonchev–Trinajstić information content (AvgIpc) is 2.94. The number of nitrogens with one attached hydrogen (secondary N) is 2. The van der Waals surface area contributed by atoms with Crippen molar-refractivity contribution in [1.82, 2.24) is 10.2 Å². The van der Waals surface area contributed by atoms with E-state index < -0.39 is 35.7 Å². The van der Waals surface area contributed by atoms with E-state index in [2.05, 4.69) is 10.6 Å². The van der Waals surface area contributed by atoms with Gasteiger partial charge in [-0.1, -0.05) is 25.1 Å². The highest BCUT2D eigenvalue weighted by molar-refractivity contribution is 6.10. The molecule has 7 nitrogen and oxygen atoms in total. The lowest BCUT2D eigenvalue weighted by atomic mass is 9.87. The van der Waals surface area contributed by atoms with Gasteiger partial charge in [0.15, 0.2) is 0 Å². The van der Waals surface area contributed by atoms with Gasteiger partial charge < -0.3 is 15.4 Å². The summed E-state index contributed by atoms with van der Waals surface area (Å²) in [5, 5.41) is 5.34. The summed E-state index contributed by atoms with van der Waals surface area (Å²) in [7, 11) is 1.48. The van der Waals surface area contributed by atoms with Crippen molar-refractivity contribution >= 4 is 23.5 Å². The molecule has 0 aromatic heterocycles. The van der Waals surface area contributed by atoms with Crippen LogP contribution >= 0.6 is 0 Å². The van der Waals surface area contributed by atoms with E-state index in [1.54, 1.807) is 19.1 Å². The first-order valence-electron chi connectivity index (χ1n) is 9.15. The van der Waals surface area contributed by atoms with Crippen LogP contribution in [-0.4, -0.2) is 36.4 Å². The van der Waals surface area contributed by atoms with Crippen LogP contribution in [0.3, 0.4) is 0 Å². The van der Waals surface area contributed by atoms with Crippen LogP contribution < -0.4 is 15.4 Å². The summed E-state index contributed by atoms with van der Waals surface area (Å²) in [5.74, 6) is -1.07. The van der Waals surface area contributed by atoms with Gasteiger partial charge in [-0.2, -0.15) is 0 Å². The summed E-state index contributed by atoms with van der Waals surface area (Å²) >= 11 is 0. The fraction of sp³-hybridized carbons (Fsp3) is 0.286. The second-order valence-corrected chi connectivity index (χ2v) is 6.84. The van der Waals surface area contributed by atoms with E-state index in [-0.39, 0.29) is 6.42 Å². The molecule has 1 fully saturated rings. The Morgan fingerprint density at radius 1 is 1.21 bits per heavy atom. The number of imide groups is 1. The monoisotopic (exact) mass is 399 g/mol. The smallest absolute Gasteiger partial charge is 0.325 e. The molecule has 0 radical (unpaired) electrons. The van der Waals surface area contributed by atoms with E-state index in [1.165, 1.54) is 31.4 Å². The quantitative estimate of drug-likeness (QED) is 0.731. The van der Waals surface area contributed by atoms with Crippen LogP contribution in [0.2, 0.25) is 0 Å². The molecule has 0 saturated carbocycles. The van der Waals surface area contributed by atoms with Gasteiger partial charge in [-0.15, -0.1) is 0 Å². The fourth-order valence-electron chi connectivity index (χ4n) is 3.40. The topological polar surface area (TPSA) is 87.7 Å². The molecule has 1 heterocycles. The molecule has 1 unspecified atom stereocenters. The molecule has 1 aliphatic rings. The minimum Gasteiger partial charge on any atom is -0.495 e. The van der Waals surface area contributed by atoms with Crippen molar-refractivity contribution in [2.45, 2.75) is 25.8 Å². The Kier molecular flexibility index (Phi) is 5.54. The molecular weight excluding hydrogens is 377 g/mol. The predicted octanol–water partition coefficient (Wildman–Crippen LogP) is 2.94. The van der Waals surface area contributed by atoms with Crippen LogP contribution in [0.4, 0.5) is 14.9 Å². The molecule has 0 bridgehead atoms. The van der Waals surface area contributed by atoms with Gasteiger partial charge in [-0.05, 0) is 48.7 Å². The zero-order valence-electron chi connectivity index (χ0n) is 16.4. The van der Waals surface area contributed by atoms with Gasteiger partial charge in [0.05, 0.1) is 12.8 Å². The lowest BCUT2D eigenvalue weighted by Crippen LogP contribution is -2.44. The number of urea groups is 1. The second-order valence-electron chi connectivity index (χ2n) is 6.84. The molecule has 0 spiro atoms. The normalized spacial score (nSPS) is 18.6. The summed E-state index contributed by atoms with van der Waals surface area (Å²) in [6.07, 6.45) is 0.257. The SMILES string of the molecule is CCC1(c2ccc(F)cc2)NC(=O)N(CC(=O)Nc2cc(C)ccc2OC)C1=O. The molecule has 8 heteroatoms. The largest absolute Gasteiger partial charge is 0.495 e. The maximum Gasteiger partial charge on any atom is 0.325 e. The van der Waals surface area contributed by atoms with Crippen molar-refractivity contribution in [2.75, 3.05) is 19.0 Å². The number of benzene rings is 2. The van der Waals surface area contributed by atoms with Crippen LogP contribution in [-0.2, 0) is 15.1 Å². The predicted molar refractivity (Wildman–Crippen MR) is 105 cm³/mol. The van der Waals surface area contributed by atoms with E-state index >= 15 is 0 Å². The molecule has 0 aliphatic carbocycles. The van der Waals surface area contributed by atoms with E-state index in [0.717, 1.165) is 10.5 Å². The zero-order chi connectivity index (χ0) is 21.2. The highest BCUT2D eigenvalue weighted by Gasteiger charge is 2.51. The zero-order valence-corrected chi connectivity index (χ0v) is 16.4. The number of carbonyl (C=O) groups is 3. The van der Waals surface area contributed by atoms with Crippen molar-refractivity contribution in [3.05, 3.63) is 59.4 Å². The number of amides is 4. The minimum atomic E-state index is -1.33. The van der Waals surface area contributed by atoms with Crippen molar-refractivity contribution in [1.29, 1.82) is 0 Å². The number of hydrogen-bond donors (Lipinski definition) is 2. The first kappa shape index (κ1) is 20.3. The summed E-state index contributed by atoms with van der Waals surface area (Å²) in [4.78, 5) is 38.9. The molecule has 2 N–H and O–H groups in total. The maximum absolute atomic E-state index is 13.3. The molecule has 152 valence electrons. The highest BCUT2D eigenvalue weighted by Crippen LogP contribution is 2.32. The van der Waals surface area contributed by atoms with Crippen LogP contribution in [0.15, 0.2) is 42.5 Å². The molecule has 29 heavy (non-hydrogen) atoms. The van der Waals surface area contributed by atoms with E-state index in [9.17, 15) is 18.8 Å². The third-order valence-electron chi connectivity index (χ3n) is 4.97. The average molecular weight is 399 g/mol. The molecule has 1 saturated heterocycles. The molecular formula is C21H22FN3O4. The second kappa shape index (κ2) is 7.90. The van der Waals surface area contributed by atoms with Crippen molar-refractivity contribution in [3.8, 4) is 5.75 Å². The molecule has 4 amide bonds. The molecule has 2 aromatic rings. The van der Waals surface area contributed by atoms with Crippen LogP contribution in [0.1, 0.15) is 24.5 Å². The number of ether oxygens (including phenoxy) is 1. The van der Waals surface area contributed by atoms with Gasteiger partial charge in [0.25, 0.3) is 5.91 Å². The van der Waals surface area contributed by atoms with Gasteiger partial charge in [0.1, 0.15) is 23.7 Å². The van der Waals surface area contributed by atoms with E-state index in [4.69, 9.17) is 4.74 Å². The third kappa shape index (κ3) is 3.78. The lowest BCUT2D eigenvalue weighted by Gasteiger charge is -2.25. The lowest BCUT2D eigenvalue weighted by molar-refractivity contribution is -0.134. The van der Waals surface area contributed by atoms with Crippen molar-refractivity contribution in [2.24, 2.45) is 0 Å². The minimum absolute atomic E-state index is 0.257. The molecule has 2 aromatic carbocycles. The first-order chi connectivity index (χ1) is 13.8. The van der Waals surface area contributed by atoms with E-state index in [1.807, 2.05) is 13.0 Å². The number of carbonyl (C=O) groups excluding carboxylic acids is 3. The van der Waals surface area contributed by atoms with Crippen molar-refractivity contribution < 1.29 is 23.5 Å². The highest BCUT2D eigenvalue weighted by atomic mass is 19.1. The number of anilines is 1.